The first-order chi connectivity index (χ1) is 16.9. The lowest BCUT2D eigenvalue weighted by Crippen LogP contribution is -2.19. The van der Waals surface area contributed by atoms with Crippen LogP contribution < -0.4 is 10.2 Å². The summed E-state index contributed by atoms with van der Waals surface area (Å²) >= 11 is 12.2. The zero-order valence-corrected chi connectivity index (χ0v) is 21.0. The van der Waals surface area contributed by atoms with Gasteiger partial charge in [0.1, 0.15) is 12.4 Å². The summed E-state index contributed by atoms with van der Waals surface area (Å²) in [6, 6.07) is 24.8. The van der Waals surface area contributed by atoms with Crippen LogP contribution in [0.1, 0.15) is 28.1 Å². The van der Waals surface area contributed by atoms with E-state index in [0.717, 1.165) is 39.5 Å². The summed E-state index contributed by atoms with van der Waals surface area (Å²) in [5.41, 5.74) is 8.43. The van der Waals surface area contributed by atoms with Crippen LogP contribution in [0.5, 0.6) is 5.75 Å². The van der Waals surface area contributed by atoms with E-state index in [1.54, 1.807) is 18.3 Å². The lowest BCUT2D eigenvalue weighted by Gasteiger charge is -2.12. The lowest BCUT2D eigenvalue weighted by molar-refractivity contribution is -0.120. The number of hydrogen-bond acceptors (Lipinski definition) is 3. The Bertz CT molecular complexity index is 1350. The van der Waals surface area contributed by atoms with E-state index >= 15 is 0 Å². The van der Waals surface area contributed by atoms with E-state index in [-0.39, 0.29) is 12.3 Å². The fourth-order valence-electron chi connectivity index (χ4n) is 3.80. The molecule has 7 heteroatoms. The van der Waals surface area contributed by atoms with Crippen molar-refractivity contribution in [3.05, 3.63) is 117 Å². The van der Waals surface area contributed by atoms with Gasteiger partial charge in [-0.05, 0) is 61.9 Å². The number of benzene rings is 3. The first kappa shape index (κ1) is 24.6. The first-order valence-corrected chi connectivity index (χ1v) is 11.9. The Morgan fingerprint density at radius 3 is 2.46 bits per heavy atom. The Morgan fingerprint density at radius 2 is 1.74 bits per heavy atom. The van der Waals surface area contributed by atoms with Gasteiger partial charge in [-0.2, -0.15) is 5.10 Å². The van der Waals surface area contributed by atoms with Gasteiger partial charge in [0, 0.05) is 38.2 Å². The second-order valence-corrected chi connectivity index (χ2v) is 8.98. The van der Waals surface area contributed by atoms with Crippen LogP contribution in [0.4, 0.5) is 0 Å². The molecule has 4 aromatic rings. The van der Waals surface area contributed by atoms with Gasteiger partial charge in [0.25, 0.3) is 0 Å². The highest BCUT2D eigenvalue weighted by atomic mass is 35.5. The highest BCUT2D eigenvalue weighted by Crippen LogP contribution is 2.25. The van der Waals surface area contributed by atoms with Gasteiger partial charge in [0.2, 0.25) is 5.91 Å². The van der Waals surface area contributed by atoms with Gasteiger partial charge < -0.3 is 9.30 Å². The number of carbonyl (C=O) groups excluding carboxylic acids is 1. The molecule has 178 valence electrons. The van der Waals surface area contributed by atoms with E-state index in [4.69, 9.17) is 27.9 Å². The summed E-state index contributed by atoms with van der Waals surface area (Å²) in [6.07, 6.45) is 1.96. The third-order valence-corrected chi connectivity index (χ3v) is 6.16. The second kappa shape index (κ2) is 11.3. The first-order valence-electron chi connectivity index (χ1n) is 11.1. The van der Waals surface area contributed by atoms with Crippen LogP contribution in [0.2, 0.25) is 10.0 Å². The quantitative estimate of drug-likeness (QED) is 0.214. The zero-order chi connectivity index (χ0) is 24.8. The number of ether oxygens (including phenoxy) is 1. The Labute approximate surface area is 215 Å². The summed E-state index contributed by atoms with van der Waals surface area (Å²) < 4.78 is 8.02. The Balaban J connectivity index is 1.39. The molecule has 1 heterocycles. The molecule has 1 aromatic heterocycles. The van der Waals surface area contributed by atoms with E-state index in [0.29, 0.717) is 16.7 Å². The minimum absolute atomic E-state index is 0.156. The third-order valence-electron chi connectivity index (χ3n) is 5.58. The van der Waals surface area contributed by atoms with Crippen molar-refractivity contribution in [3.63, 3.8) is 0 Å². The van der Waals surface area contributed by atoms with Gasteiger partial charge in [0.15, 0.2) is 0 Å². The fraction of sp³-hybridized carbons (Fsp3) is 0.143. The van der Waals surface area contributed by atoms with Gasteiger partial charge in [-0.3, -0.25) is 4.79 Å². The molecule has 0 fully saturated rings. The molecule has 0 aliphatic heterocycles. The minimum Gasteiger partial charge on any atom is -0.489 e. The second-order valence-electron chi connectivity index (χ2n) is 8.14. The highest BCUT2D eigenvalue weighted by molar-refractivity contribution is 6.35. The van der Waals surface area contributed by atoms with E-state index in [2.05, 4.69) is 15.1 Å². The third kappa shape index (κ3) is 6.32. The van der Waals surface area contributed by atoms with Gasteiger partial charge >= 0.3 is 0 Å². The van der Waals surface area contributed by atoms with Crippen molar-refractivity contribution in [2.45, 2.75) is 26.9 Å². The minimum atomic E-state index is -0.156. The van der Waals surface area contributed by atoms with Crippen LogP contribution in [0, 0.1) is 13.8 Å². The van der Waals surface area contributed by atoms with Crippen LogP contribution in [0.15, 0.2) is 84.0 Å². The van der Waals surface area contributed by atoms with Gasteiger partial charge in [0.05, 0.1) is 12.6 Å². The van der Waals surface area contributed by atoms with E-state index < -0.39 is 0 Å². The number of hydrogen-bond donors (Lipinski definition) is 1. The fourth-order valence-corrected chi connectivity index (χ4v) is 4.26. The van der Waals surface area contributed by atoms with Crippen molar-refractivity contribution in [2.75, 3.05) is 0 Å². The van der Waals surface area contributed by atoms with Crippen LogP contribution in [0.25, 0.3) is 5.69 Å². The van der Waals surface area contributed by atoms with Crippen molar-refractivity contribution in [3.8, 4) is 11.4 Å². The molecule has 0 spiro atoms. The van der Waals surface area contributed by atoms with Gasteiger partial charge in [-0.25, -0.2) is 5.43 Å². The molecule has 3 aromatic carbocycles. The van der Waals surface area contributed by atoms with Crippen LogP contribution in [0.3, 0.4) is 0 Å². The van der Waals surface area contributed by atoms with Crippen LogP contribution in [-0.2, 0) is 17.8 Å². The number of rotatable bonds is 8. The summed E-state index contributed by atoms with van der Waals surface area (Å²) in [6.45, 7) is 4.41. The van der Waals surface area contributed by atoms with Crippen molar-refractivity contribution >= 4 is 35.3 Å². The van der Waals surface area contributed by atoms with Crippen LogP contribution >= 0.6 is 23.2 Å². The van der Waals surface area contributed by atoms with Gasteiger partial charge in [-0.15, -0.1) is 0 Å². The Morgan fingerprint density at radius 1 is 1.00 bits per heavy atom. The summed E-state index contributed by atoms with van der Waals surface area (Å²) in [5, 5.41) is 5.33. The number of nitrogens with zero attached hydrogens (tertiary/aromatic N) is 2. The number of aromatic nitrogens is 1. The number of halogens is 2. The number of hydrazone groups is 1. The van der Waals surface area contributed by atoms with Crippen molar-refractivity contribution in [1.82, 2.24) is 9.99 Å². The Kier molecular flexibility index (Phi) is 7.91. The summed E-state index contributed by atoms with van der Waals surface area (Å²) in [5.74, 6) is 0.585. The molecule has 0 unspecified atom stereocenters. The zero-order valence-electron chi connectivity index (χ0n) is 19.5. The average molecular weight is 506 g/mol. The molecule has 35 heavy (non-hydrogen) atoms. The largest absolute Gasteiger partial charge is 0.489 e. The van der Waals surface area contributed by atoms with Crippen molar-refractivity contribution in [2.24, 2.45) is 5.10 Å². The molecule has 0 aliphatic rings. The maximum absolute atomic E-state index is 12.1. The normalized spacial score (nSPS) is 11.1. The SMILES string of the molecule is Cc1cc(/C=N/NC(=O)Cc2ccccc2)c(C)n1-c1ccc(OCc2ccc(Cl)cc2Cl)cc1. The number of amides is 1. The molecule has 1 N–H and O–H groups in total. The lowest BCUT2D eigenvalue weighted by atomic mass is 10.1. The molecule has 0 bridgehead atoms. The van der Waals surface area contributed by atoms with E-state index in [1.807, 2.05) is 80.6 Å². The molecule has 1 amide bonds. The van der Waals surface area contributed by atoms with Crippen LogP contribution in [-0.4, -0.2) is 16.7 Å². The van der Waals surface area contributed by atoms with E-state index in [9.17, 15) is 4.79 Å². The van der Waals surface area contributed by atoms with Gasteiger partial charge in [-0.1, -0.05) is 59.6 Å². The standard InChI is InChI=1S/C28H25Cl2N3O2/c1-19-14-23(17-31-32-28(34)15-21-6-4-3-5-7-21)20(2)33(19)25-10-12-26(13-11-25)35-18-22-8-9-24(29)16-27(22)30/h3-14,16-17H,15,18H2,1-2H3,(H,32,34)/b31-17+. The smallest absolute Gasteiger partial charge is 0.244 e. The molecule has 0 aliphatic carbocycles. The molecule has 0 saturated heterocycles. The molecule has 0 saturated carbocycles. The molecule has 0 radical (unpaired) electrons. The average Bonchev–Trinajstić information content (AvgIpc) is 3.12. The molecule has 0 atom stereocenters. The molecular weight excluding hydrogens is 481 g/mol. The van der Waals surface area contributed by atoms with Crippen molar-refractivity contribution < 1.29 is 9.53 Å². The maximum atomic E-state index is 12.1. The predicted octanol–water partition coefficient (Wildman–Crippen LogP) is 6.67. The van der Waals surface area contributed by atoms with E-state index in [1.165, 1.54) is 0 Å². The maximum Gasteiger partial charge on any atom is 0.244 e. The summed E-state index contributed by atoms with van der Waals surface area (Å²) in [4.78, 5) is 12.1. The number of carbonyl (C=O) groups is 1. The number of aryl methyl sites for hydroxylation is 1. The molecule has 4 rings (SSSR count). The highest BCUT2D eigenvalue weighted by Gasteiger charge is 2.10. The summed E-state index contributed by atoms with van der Waals surface area (Å²) in [7, 11) is 0. The monoisotopic (exact) mass is 505 g/mol. The number of nitrogens with one attached hydrogen (secondary N) is 1. The Hall–Kier alpha value is -3.54. The molecule has 5 nitrogen and oxygen atoms in total. The topological polar surface area (TPSA) is 55.6 Å². The van der Waals surface area contributed by atoms with Crippen molar-refractivity contribution in [1.29, 1.82) is 0 Å². The molecular formula is C28H25Cl2N3O2. The predicted molar refractivity (Wildman–Crippen MR) is 142 cm³/mol.